The topological polar surface area (TPSA) is 46.9 Å². The SMILES string of the molecule is Cn1cccc1C(=O)Nc1cc(Br)cnc1Cl. The first kappa shape index (κ1) is 12.1. The average molecular weight is 315 g/mol. The molecule has 0 fully saturated rings. The fourth-order valence-electron chi connectivity index (χ4n) is 1.39. The van der Waals surface area contributed by atoms with E-state index < -0.39 is 0 Å². The molecule has 88 valence electrons. The Kier molecular flexibility index (Phi) is 3.49. The van der Waals surface area contributed by atoms with Crippen LogP contribution in [0.3, 0.4) is 0 Å². The molecule has 4 nitrogen and oxygen atoms in total. The van der Waals surface area contributed by atoms with Crippen LogP contribution >= 0.6 is 27.5 Å². The standard InChI is InChI=1S/C11H9BrClN3O/c1-16-4-2-3-9(16)11(17)15-8-5-7(12)6-14-10(8)13/h2-6H,1H3,(H,15,17). The quantitative estimate of drug-likeness (QED) is 0.866. The maximum atomic E-state index is 11.9. The van der Waals surface area contributed by atoms with Gasteiger partial charge in [-0.25, -0.2) is 4.98 Å². The van der Waals surface area contributed by atoms with Gasteiger partial charge in [0.1, 0.15) is 5.69 Å². The molecule has 0 aliphatic rings. The molecule has 0 saturated heterocycles. The van der Waals surface area contributed by atoms with E-state index in [9.17, 15) is 4.79 Å². The van der Waals surface area contributed by atoms with Gasteiger partial charge < -0.3 is 9.88 Å². The second-order valence-electron chi connectivity index (χ2n) is 3.45. The minimum Gasteiger partial charge on any atom is -0.347 e. The Morgan fingerprint density at radius 1 is 1.59 bits per heavy atom. The largest absolute Gasteiger partial charge is 0.347 e. The molecular weight excluding hydrogens is 305 g/mol. The number of rotatable bonds is 2. The number of pyridine rings is 1. The number of nitrogens with one attached hydrogen (secondary N) is 1. The van der Waals surface area contributed by atoms with E-state index in [1.54, 1.807) is 42.2 Å². The third-order valence-electron chi connectivity index (χ3n) is 2.23. The third-order valence-corrected chi connectivity index (χ3v) is 2.97. The van der Waals surface area contributed by atoms with Gasteiger partial charge in [-0.15, -0.1) is 0 Å². The van der Waals surface area contributed by atoms with Gasteiger partial charge in [0.05, 0.1) is 5.69 Å². The molecule has 2 aromatic heterocycles. The highest BCUT2D eigenvalue weighted by molar-refractivity contribution is 9.10. The molecular formula is C11H9BrClN3O. The second kappa shape index (κ2) is 4.89. The Bertz CT molecular complexity index is 568. The van der Waals surface area contributed by atoms with Crippen molar-refractivity contribution in [2.75, 3.05) is 5.32 Å². The molecule has 6 heteroatoms. The minimum atomic E-state index is -0.223. The molecule has 0 spiro atoms. The first-order valence-corrected chi connectivity index (χ1v) is 5.99. The van der Waals surface area contributed by atoms with E-state index in [0.717, 1.165) is 4.47 Å². The maximum Gasteiger partial charge on any atom is 0.272 e. The van der Waals surface area contributed by atoms with Gasteiger partial charge in [-0.05, 0) is 34.1 Å². The zero-order valence-corrected chi connectivity index (χ0v) is 11.3. The van der Waals surface area contributed by atoms with Gasteiger partial charge in [-0.3, -0.25) is 4.79 Å². The number of carbonyl (C=O) groups excluding carboxylic acids is 1. The fourth-order valence-corrected chi connectivity index (χ4v) is 1.88. The Hall–Kier alpha value is -1.33. The van der Waals surface area contributed by atoms with Gasteiger partial charge in [-0.2, -0.15) is 0 Å². The lowest BCUT2D eigenvalue weighted by atomic mass is 10.3. The molecule has 0 atom stereocenters. The predicted octanol–water partition coefficient (Wildman–Crippen LogP) is 3.09. The number of hydrogen-bond donors (Lipinski definition) is 1. The van der Waals surface area contributed by atoms with E-state index in [4.69, 9.17) is 11.6 Å². The van der Waals surface area contributed by atoms with Crippen molar-refractivity contribution in [3.63, 3.8) is 0 Å². The fraction of sp³-hybridized carbons (Fsp3) is 0.0909. The summed E-state index contributed by atoms with van der Waals surface area (Å²) in [4.78, 5) is 15.9. The minimum absolute atomic E-state index is 0.223. The van der Waals surface area contributed by atoms with Crippen LogP contribution in [-0.4, -0.2) is 15.5 Å². The van der Waals surface area contributed by atoms with Crippen LogP contribution in [0.25, 0.3) is 0 Å². The lowest BCUT2D eigenvalue weighted by Gasteiger charge is -2.07. The van der Waals surface area contributed by atoms with Gasteiger partial charge in [-0.1, -0.05) is 11.6 Å². The van der Waals surface area contributed by atoms with Crippen LogP contribution in [0.5, 0.6) is 0 Å². The number of hydrogen-bond acceptors (Lipinski definition) is 2. The molecule has 1 N–H and O–H groups in total. The number of aryl methyl sites for hydroxylation is 1. The maximum absolute atomic E-state index is 11.9. The average Bonchev–Trinajstić information content (AvgIpc) is 2.70. The second-order valence-corrected chi connectivity index (χ2v) is 4.72. The van der Waals surface area contributed by atoms with Crippen LogP contribution in [0.1, 0.15) is 10.5 Å². The lowest BCUT2D eigenvalue weighted by molar-refractivity contribution is 0.101. The Morgan fingerprint density at radius 3 is 3.00 bits per heavy atom. The zero-order chi connectivity index (χ0) is 12.4. The number of carbonyl (C=O) groups is 1. The summed E-state index contributed by atoms with van der Waals surface area (Å²) in [6, 6.07) is 5.24. The van der Waals surface area contributed by atoms with Gasteiger partial charge in [0, 0.05) is 23.9 Å². The molecule has 0 bridgehead atoms. The molecule has 2 heterocycles. The van der Waals surface area contributed by atoms with Gasteiger partial charge in [0.25, 0.3) is 5.91 Å². The summed E-state index contributed by atoms with van der Waals surface area (Å²) in [6.45, 7) is 0. The number of amides is 1. The summed E-state index contributed by atoms with van der Waals surface area (Å²) < 4.78 is 2.48. The molecule has 0 aliphatic carbocycles. The van der Waals surface area contributed by atoms with Crippen LogP contribution < -0.4 is 5.32 Å². The first-order valence-electron chi connectivity index (χ1n) is 4.81. The van der Waals surface area contributed by atoms with Crippen molar-refractivity contribution in [1.29, 1.82) is 0 Å². The van der Waals surface area contributed by atoms with E-state index in [-0.39, 0.29) is 11.1 Å². The van der Waals surface area contributed by atoms with E-state index in [0.29, 0.717) is 11.4 Å². The van der Waals surface area contributed by atoms with Crippen molar-refractivity contribution in [2.24, 2.45) is 7.05 Å². The summed E-state index contributed by atoms with van der Waals surface area (Å²) in [7, 11) is 1.80. The lowest BCUT2D eigenvalue weighted by Crippen LogP contribution is -2.15. The van der Waals surface area contributed by atoms with Crippen LogP contribution in [0.15, 0.2) is 35.1 Å². The number of nitrogens with zero attached hydrogens (tertiary/aromatic N) is 2. The summed E-state index contributed by atoms with van der Waals surface area (Å²) in [6.07, 6.45) is 3.37. The Labute approximate surface area is 112 Å². The molecule has 0 radical (unpaired) electrons. The monoisotopic (exact) mass is 313 g/mol. The summed E-state index contributed by atoms with van der Waals surface area (Å²) in [5.74, 6) is -0.223. The predicted molar refractivity (Wildman–Crippen MR) is 70.3 cm³/mol. The normalized spacial score (nSPS) is 10.3. The van der Waals surface area contributed by atoms with Crippen LogP contribution in [0.4, 0.5) is 5.69 Å². The summed E-state index contributed by atoms with van der Waals surface area (Å²) in [5.41, 5.74) is 1.04. The number of anilines is 1. The van der Waals surface area contributed by atoms with Gasteiger partial charge in [0.15, 0.2) is 5.15 Å². The highest BCUT2D eigenvalue weighted by Gasteiger charge is 2.11. The molecule has 2 rings (SSSR count). The van der Waals surface area contributed by atoms with Crippen LogP contribution in [-0.2, 0) is 7.05 Å². The van der Waals surface area contributed by atoms with Crippen molar-refractivity contribution in [3.05, 3.63) is 45.9 Å². The van der Waals surface area contributed by atoms with Crippen molar-refractivity contribution in [2.45, 2.75) is 0 Å². The van der Waals surface area contributed by atoms with Crippen LogP contribution in [0.2, 0.25) is 5.15 Å². The van der Waals surface area contributed by atoms with Crippen molar-refractivity contribution in [1.82, 2.24) is 9.55 Å². The van der Waals surface area contributed by atoms with E-state index in [1.807, 2.05) is 0 Å². The van der Waals surface area contributed by atoms with Crippen molar-refractivity contribution < 1.29 is 4.79 Å². The highest BCUT2D eigenvalue weighted by atomic mass is 79.9. The van der Waals surface area contributed by atoms with E-state index >= 15 is 0 Å². The Morgan fingerprint density at radius 2 is 2.35 bits per heavy atom. The zero-order valence-electron chi connectivity index (χ0n) is 8.95. The summed E-state index contributed by atoms with van der Waals surface area (Å²) in [5, 5.41) is 2.97. The van der Waals surface area contributed by atoms with Crippen molar-refractivity contribution in [3.8, 4) is 0 Å². The third kappa shape index (κ3) is 2.68. The summed E-state index contributed by atoms with van der Waals surface area (Å²) >= 11 is 9.16. The molecule has 0 saturated carbocycles. The van der Waals surface area contributed by atoms with E-state index in [1.165, 1.54) is 0 Å². The Balaban J connectivity index is 2.24. The highest BCUT2D eigenvalue weighted by Crippen LogP contribution is 2.23. The molecule has 17 heavy (non-hydrogen) atoms. The number of halogens is 2. The molecule has 0 aromatic carbocycles. The first-order chi connectivity index (χ1) is 8.08. The van der Waals surface area contributed by atoms with Crippen molar-refractivity contribution >= 4 is 39.1 Å². The van der Waals surface area contributed by atoms with Gasteiger partial charge >= 0.3 is 0 Å². The molecule has 0 unspecified atom stereocenters. The van der Waals surface area contributed by atoms with Gasteiger partial charge in [0.2, 0.25) is 0 Å². The molecule has 0 aliphatic heterocycles. The van der Waals surface area contributed by atoms with E-state index in [2.05, 4.69) is 26.2 Å². The molecule has 2 aromatic rings. The number of aromatic nitrogens is 2. The smallest absolute Gasteiger partial charge is 0.272 e. The van der Waals surface area contributed by atoms with Crippen LogP contribution in [0, 0.1) is 0 Å². The molecule has 1 amide bonds.